The van der Waals surface area contributed by atoms with E-state index >= 15 is 0 Å². The second kappa shape index (κ2) is 7.34. The molecule has 0 spiro atoms. The lowest BCUT2D eigenvalue weighted by Crippen LogP contribution is -2.19. The number of carboxylic acid groups (broad SMARTS) is 1. The number of hydrogen-bond acceptors (Lipinski definition) is 4. The molecule has 0 fully saturated rings. The average Bonchev–Trinajstić information content (AvgIpc) is 2.44. The predicted molar refractivity (Wildman–Crippen MR) is 70.3 cm³/mol. The second-order valence-electron chi connectivity index (χ2n) is 4.19. The highest BCUT2D eigenvalue weighted by Crippen LogP contribution is 2.40. The van der Waals surface area contributed by atoms with Gasteiger partial charge in [-0.25, -0.2) is 23.6 Å². The third kappa shape index (κ3) is 4.14. The molecule has 1 aromatic rings. The lowest BCUT2D eigenvalue weighted by atomic mass is 9.99. The summed E-state index contributed by atoms with van der Waals surface area (Å²) < 4.78 is 69.8. The molecule has 1 heterocycles. The van der Waals surface area contributed by atoms with Crippen molar-refractivity contribution in [3.8, 4) is 0 Å². The highest BCUT2D eigenvalue weighted by Gasteiger charge is 2.41. The van der Waals surface area contributed by atoms with Gasteiger partial charge in [0.25, 0.3) is 6.43 Å². The van der Waals surface area contributed by atoms with Gasteiger partial charge in [-0.15, -0.1) is 0 Å². The standard InChI is InChI=1S/C13H13F5N2O3/c1-3-6-7(12(21)22)10(13(16,17)18)20-9(11(14)15)8(6)19-5-23-4-2/h5,11H,3-4H2,1-2H3,(H,21,22). The van der Waals surface area contributed by atoms with Gasteiger partial charge in [-0.3, -0.25) is 0 Å². The molecule has 0 unspecified atom stereocenters. The molecule has 23 heavy (non-hydrogen) atoms. The number of aromatic nitrogens is 1. The number of nitrogens with zero attached hydrogens (tertiary/aromatic N) is 2. The lowest BCUT2D eigenvalue weighted by molar-refractivity contribution is -0.142. The van der Waals surface area contributed by atoms with Crippen LogP contribution in [0.1, 0.15) is 47.6 Å². The van der Waals surface area contributed by atoms with Crippen molar-refractivity contribution >= 4 is 18.1 Å². The van der Waals surface area contributed by atoms with Crippen LogP contribution in [0.4, 0.5) is 27.6 Å². The van der Waals surface area contributed by atoms with Crippen LogP contribution in [0.25, 0.3) is 0 Å². The highest BCUT2D eigenvalue weighted by molar-refractivity contribution is 5.93. The smallest absolute Gasteiger partial charge is 0.434 e. The molecule has 1 rings (SSSR count). The fraction of sp³-hybridized carbons (Fsp3) is 0.462. The zero-order valence-electron chi connectivity index (χ0n) is 12.1. The number of aliphatic imine (C=N–C) groups is 1. The Morgan fingerprint density at radius 3 is 2.39 bits per heavy atom. The Labute approximate surface area is 127 Å². The molecule has 10 heteroatoms. The molecule has 0 atom stereocenters. The summed E-state index contributed by atoms with van der Waals surface area (Å²) in [6, 6.07) is 0. The van der Waals surface area contributed by atoms with Crippen molar-refractivity contribution in [3.63, 3.8) is 0 Å². The molecule has 0 bridgehead atoms. The lowest BCUT2D eigenvalue weighted by Gasteiger charge is -2.17. The van der Waals surface area contributed by atoms with Gasteiger partial charge in [-0.1, -0.05) is 6.92 Å². The molecule has 0 saturated heterocycles. The summed E-state index contributed by atoms with van der Waals surface area (Å²) in [5, 5.41) is 9.06. The van der Waals surface area contributed by atoms with Crippen molar-refractivity contribution < 1.29 is 36.6 Å². The van der Waals surface area contributed by atoms with Gasteiger partial charge in [0.1, 0.15) is 5.69 Å². The zero-order valence-corrected chi connectivity index (χ0v) is 12.1. The van der Waals surface area contributed by atoms with Crippen molar-refractivity contribution in [2.45, 2.75) is 32.9 Å². The molecule has 1 N–H and O–H groups in total. The van der Waals surface area contributed by atoms with E-state index in [0.29, 0.717) is 0 Å². The summed E-state index contributed by atoms with van der Waals surface area (Å²) >= 11 is 0. The quantitative estimate of drug-likeness (QED) is 0.483. The molecule has 0 aromatic carbocycles. The molecule has 0 aliphatic carbocycles. The summed E-state index contributed by atoms with van der Waals surface area (Å²) in [4.78, 5) is 17.6. The molecular formula is C13H13F5N2O3. The van der Waals surface area contributed by atoms with Crippen LogP contribution >= 0.6 is 0 Å². The Hall–Kier alpha value is -2.26. The molecule has 5 nitrogen and oxygen atoms in total. The molecule has 0 amide bonds. The number of alkyl halides is 5. The van der Waals surface area contributed by atoms with Crippen LogP contribution in [0.2, 0.25) is 0 Å². The molecule has 0 aliphatic heterocycles. The summed E-state index contributed by atoms with van der Waals surface area (Å²) in [5.41, 5.74) is -5.40. The summed E-state index contributed by atoms with van der Waals surface area (Å²) in [6.45, 7) is 3.06. The number of halogens is 5. The first-order chi connectivity index (χ1) is 10.6. The summed E-state index contributed by atoms with van der Waals surface area (Å²) in [6.07, 6.45) is -8.05. The third-order valence-electron chi connectivity index (χ3n) is 2.76. The molecule has 0 aliphatic rings. The van der Waals surface area contributed by atoms with Crippen molar-refractivity contribution in [2.75, 3.05) is 6.61 Å². The SMILES string of the molecule is CCOC=Nc1c(C(F)F)nc(C(F)(F)F)c(C(=O)O)c1CC. The number of aromatic carboxylic acids is 1. The third-order valence-corrected chi connectivity index (χ3v) is 2.76. The monoisotopic (exact) mass is 340 g/mol. The Morgan fingerprint density at radius 1 is 1.39 bits per heavy atom. The van der Waals surface area contributed by atoms with Crippen LogP contribution in [-0.4, -0.2) is 29.1 Å². The molecule has 1 aromatic heterocycles. The van der Waals surface area contributed by atoms with E-state index in [1.165, 1.54) is 6.92 Å². The predicted octanol–water partition coefficient (Wildman–Crippen LogP) is 3.99. The maximum atomic E-state index is 13.1. The van der Waals surface area contributed by atoms with Gasteiger partial charge in [0, 0.05) is 0 Å². The maximum absolute atomic E-state index is 13.1. The van der Waals surface area contributed by atoms with Gasteiger partial charge in [0.05, 0.1) is 17.9 Å². The highest BCUT2D eigenvalue weighted by atomic mass is 19.4. The van der Waals surface area contributed by atoms with Gasteiger partial charge >= 0.3 is 12.1 Å². The maximum Gasteiger partial charge on any atom is 0.434 e. The average molecular weight is 340 g/mol. The molecule has 128 valence electrons. The first kappa shape index (κ1) is 18.8. The number of ether oxygens (including phenoxy) is 1. The zero-order chi connectivity index (χ0) is 17.8. The van der Waals surface area contributed by atoms with E-state index in [0.717, 1.165) is 6.40 Å². The minimum atomic E-state index is -5.19. The number of pyridine rings is 1. The molecule has 0 radical (unpaired) electrons. The second-order valence-corrected chi connectivity index (χ2v) is 4.19. The fourth-order valence-electron chi connectivity index (χ4n) is 1.89. The Bertz CT molecular complexity index is 615. The van der Waals surface area contributed by atoms with Gasteiger partial charge in [-0.05, 0) is 18.9 Å². The van der Waals surface area contributed by atoms with Crippen molar-refractivity contribution in [1.82, 2.24) is 4.98 Å². The van der Waals surface area contributed by atoms with E-state index in [-0.39, 0.29) is 13.0 Å². The topological polar surface area (TPSA) is 71.8 Å². The number of hydrogen-bond donors (Lipinski definition) is 1. The molecular weight excluding hydrogens is 327 g/mol. The van der Waals surface area contributed by atoms with E-state index in [9.17, 15) is 26.7 Å². The van der Waals surface area contributed by atoms with Gasteiger partial charge in [0.2, 0.25) is 0 Å². The molecule has 0 saturated carbocycles. The van der Waals surface area contributed by atoms with E-state index in [1.807, 2.05) is 0 Å². The van der Waals surface area contributed by atoms with Crippen LogP contribution in [0.5, 0.6) is 0 Å². The number of carboxylic acids is 1. The van der Waals surface area contributed by atoms with Crippen molar-refractivity contribution in [1.29, 1.82) is 0 Å². The van der Waals surface area contributed by atoms with Crippen molar-refractivity contribution in [3.05, 3.63) is 22.5 Å². The van der Waals surface area contributed by atoms with E-state index in [4.69, 9.17) is 9.84 Å². The van der Waals surface area contributed by atoms with E-state index in [1.54, 1.807) is 6.92 Å². The van der Waals surface area contributed by atoms with Crippen LogP contribution in [0.3, 0.4) is 0 Å². The van der Waals surface area contributed by atoms with Crippen molar-refractivity contribution in [2.24, 2.45) is 4.99 Å². The fourth-order valence-corrected chi connectivity index (χ4v) is 1.89. The summed E-state index contributed by atoms with van der Waals surface area (Å²) in [7, 11) is 0. The minimum absolute atomic E-state index is 0.148. The first-order valence-electron chi connectivity index (χ1n) is 6.44. The largest absolute Gasteiger partial charge is 0.483 e. The Morgan fingerprint density at radius 2 is 2.00 bits per heavy atom. The van der Waals surface area contributed by atoms with E-state index in [2.05, 4.69) is 9.98 Å². The number of rotatable bonds is 6. The minimum Gasteiger partial charge on any atom is -0.483 e. The summed E-state index contributed by atoms with van der Waals surface area (Å²) in [5.74, 6) is -1.92. The van der Waals surface area contributed by atoms with E-state index < -0.39 is 46.8 Å². The normalized spacial score (nSPS) is 12.2. The Balaban J connectivity index is 3.80. The van der Waals surface area contributed by atoms with Gasteiger partial charge in [-0.2, -0.15) is 13.2 Å². The van der Waals surface area contributed by atoms with Crippen LogP contribution in [-0.2, 0) is 17.3 Å². The van der Waals surface area contributed by atoms with Crippen LogP contribution in [0.15, 0.2) is 4.99 Å². The van der Waals surface area contributed by atoms with Crippen LogP contribution in [0, 0.1) is 0 Å². The van der Waals surface area contributed by atoms with Gasteiger partial charge in [0.15, 0.2) is 12.1 Å². The van der Waals surface area contributed by atoms with Gasteiger partial charge < -0.3 is 9.84 Å². The number of carbonyl (C=O) groups is 1. The Kier molecular flexibility index (Phi) is 5.99. The first-order valence-corrected chi connectivity index (χ1v) is 6.44. The van der Waals surface area contributed by atoms with Crippen LogP contribution < -0.4 is 0 Å².